The average Bonchev–Trinajstić information content (AvgIpc) is 2.34. The third-order valence-electron chi connectivity index (χ3n) is 3.77. The van der Waals surface area contributed by atoms with Crippen molar-refractivity contribution in [2.75, 3.05) is 0 Å². The molecule has 0 radical (unpaired) electrons. The molecule has 0 heterocycles. The molecule has 2 heteroatoms. The van der Waals surface area contributed by atoms with Crippen LogP contribution in [0.5, 0.6) is 0 Å². The van der Waals surface area contributed by atoms with Gasteiger partial charge in [-0.15, -0.1) is 0 Å². The summed E-state index contributed by atoms with van der Waals surface area (Å²) in [5.74, 6) is 0. The first-order valence-electron chi connectivity index (χ1n) is 6.39. The van der Waals surface area contributed by atoms with Crippen molar-refractivity contribution in [2.45, 2.75) is 33.3 Å². The summed E-state index contributed by atoms with van der Waals surface area (Å²) in [5, 5.41) is 10.9. The van der Waals surface area contributed by atoms with Gasteiger partial charge < -0.3 is 5.11 Å². The summed E-state index contributed by atoms with van der Waals surface area (Å²) in [6.07, 6.45) is 0. The minimum atomic E-state index is -0.969. The Kier molecular flexibility index (Phi) is 3.84. The monoisotopic (exact) mass is 318 g/mol. The van der Waals surface area contributed by atoms with Crippen LogP contribution in [-0.2, 0) is 5.60 Å². The highest BCUT2D eigenvalue weighted by molar-refractivity contribution is 9.10. The molecule has 0 amide bonds. The molecular formula is C17H19BrO. The van der Waals surface area contributed by atoms with Crippen molar-refractivity contribution in [2.24, 2.45) is 0 Å². The van der Waals surface area contributed by atoms with Crippen LogP contribution in [0.25, 0.3) is 0 Å². The maximum Gasteiger partial charge on any atom is 0.112 e. The first kappa shape index (κ1) is 14.3. The maximum absolute atomic E-state index is 10.9. The summed E-state index contributed by atoms with van der Waals surface area (Å²) in [7, 11) is 0. The Hall–Kier alpha value is -1.12. The SMILES string of the molecule is Cc1cc(C)c(C(C)(O)c2ccc(Br)cc2)cc1C. The molecule has 1 nitrogen and oxygen atoms in total. The Morgan fingerprint density at radius 1 is 0.895 bits per heavy atom. The van der Waals surface area contributed by atoms with Gasteiger partial charge in [-0.1, -0.05) is 40.2 Å². The van der Waals surface area contributed by atoms with Crippen molar-refractivity contribution in [3.8, 4) is 0 Å². The molecule has 100 valence electrons. The van der Waals surface area contributed by atoms with Crippen LogP contribution in [0, 0.1) is 20.8 Å². The van der Waals surface area contributed by atoms with Gasteiger partial charge in [0, 0.05) is 4.47 Å². The molecule has 0 bridgehead atoms. The summed E-state index contributed by atoms with van der Waals surface area (Å²) in [5.41, 5.74) is 4.49. The quantitative estimate of drug-likeness (QED) is 0.855. The number of rotatable bonds is 2. The molecule has 0 aromatic heterocycles. The molecule has 0 aliphatic rings. The predicted octanol–water partition coefficient (Wildman–Crippen LogP) is 4.63. The summed E-state index contributed by atoms with van der Waals surface area (Å²) in [6.45, 7) is 8.08. The summed E-state index contributed by atoms with van der Waals surface area (Å²) < 4.78 is 1.02. The van der Waals surface area contributed by atoms with Crippen LogP contribution < -0.4 is 0 Å². The molecule has 2 aromatic carbocycles. The van der Waals surface area contributed by atoms with E-state index in [9.17, 15) is 5.11 Å². The third kappa shape index (κ3) is 2.75. The van der Waals surface area contributed by atoms with E-state index < -0.39 is 5.60 Å². The summed E-state index contributed by atoms with van der Waals surface area (Å²) in [6, 6.07) is 12.1. The second-order valence-electron chi connectivity index (χ2n) is 5.33. The highest BCUT2D eigenvalue weighted by Gasteiger charge is 2.27. The number of hydrogen-bond donors (Lipinski definition) is 1. The lowest BCUT2D eigenvalue weighted by molar-refractivity contribution is 0.101. The molecule has 19 heavy (non-hydrogen) atoms. The molecule has 2 aromatic rings. The zero-order chi connectivity index (χ0) is 14.2. The third-order valence-corrected chi connectivity index (χ3v) is 4.30. The Balaban J connectivity index is 2.55. The fraction of sp³-hybridized carbons (Fsp3) is 0.294. The highest BCUT2D eigenvalue weighted by Crippen LogP contribution is 2.33. The van der Waals surface area contributed by atoms with E-state index in [2.05, 4.69) is 48.8 Å². The Morgan fingerprint density at radius 2 is 1.42 bits per heavy atom. The number of aliphatic hydroxyl groups is 1. The van der Waals surface area contributed by atoms with Gasteiger partial charge in [0.1, 0.15) is 5.60 Å². The lowest BCUT2D eigenvalue weighted by atomic mass is 9.84. The fourth-order valence-electron chi connectivity index (χ4n) is 2.41. The van der Waals surface area contributed by atoms with E-state index in [-0.39, 0.29) is 0 Å². The van der Waals surface area contributed by atoms with E-state index in [1.165, 1.54) is 11.1 Å². The van der Waals surface area contributed by atoms with Gasteiger partial charge in [0.15, 0.2) is 0 Å². The van der Waals surface area contributed by atoms with E-state index in [1.54, 1.807) is 0 Å². The van der Waals surface area contributed by atoms with Crippen LogP contribution in [-0.4, -0.2) is 5.11 Å². The molecule has 0 saturated heterocycles. The molecule has 0 fully saturated rings. The Morgan fingerprint density at radius 3 is 2.00 bits per heavy atom. The lowest BCUT2D eigenvalue weighted by Gasteiger charge is -2.27. The van der Waals surface area contributed by atoms with Gasteiger partial charge in [-0.3, -0.25) is 0 Å². The van der Waals surface area contributed by atoms with Crippen LogP contribution in [0.2, 0.25) is 0 Å². The molecular weight excluding hydrogens is 300 g/mol. The van der Waals surface area contributed by atoms with E-state index in [4.69, 9.17) is 0 Å². The maximum atomic E-state index is 10.9. The largest absolute Gasteiger partial charge is 0.381 e. The molecule has 0 spiro atoms. The predicted molar refractivity (Wildman–Crippen MR) is 83.5 cm³/mol. The zero-order valence-electron chi connectivity index (χ0n) is 11.8. The van der Waals surface area contributed by atoms with E-state index in [1.807, 2.05) is 31.2 Å². The molecule has 1 unspecified atom stereocenters. The number of hydrogen-bond acceptors (Lipinski definition) is 1. The van der Waals surface area contributed by atoms with Gasteiger partial charge in [0.25, 0.3) is 0 Å². The van der Waals surface area contributed by atoms with Crippen molar-refractivity contribution < 1.29 is 5.11 Å². The molecule has 0 aliphatic carbocycles. The zero-order valence-corrected chi connectivity index (χ0v) is 13.4. The van der Waals surface area contributed by atoms with Gasteiger partial charge >= 0.3 is 0 Å². The van der Waals surface area contributed by atoms with E-state index in [0.29, 0.717) is 0 Å². The van der Waals surface area contributed by atoms with Crippen LogP contribution in [0.3, 0.4) is 0 Å². The van der Waals surface area contributed by atoms with Crippen LogP contribution >= 0.6 is 15.9 Å². The Labute approximate surface area is 123 Å². The van der Waals surface area contributed by atoms with Crippen molar-refractivity contribution >= 4 is 15.9 Å². The first-order chi connectivity index (χ1) is 8.82. The summed E-state index contributed by atoms with van der Waals surface area (Å²) in [4.78, 5) is 0. The van der Waals surface area contributed by atoms with Gasteiger partial charge in [-0.2, -0.15) is 0 Å². The van der Waals surface area contributed by atoms with Gasteiger partial charge in [0.2, 0.25) is 0 Å². The minimum Gasteiger partial charge on any atom is -0.381 e. The van der Waals surface area contributed by atoms with E-state index >= 15 is 0 Å². The second-order valence-corrected chi connectivity index (χ2v) is 6.25. The van der Waals surface area contributed by atoms with Crippen molar-refractivity contribution in [3.05, 3.63) is 68.7 Å². The van der Waals surface area contributed by atoms with Crippen molar-refractivity contribution in [3.63, 3.8) is 0 Å². The van der Waals surface area contributed by atoms with Gasteiger partial charge in [-0.05, 0) is 67.6 Å². The summed E-state index contributed by atoms with van der Waals surface area (Å²) >= 11 is 3.42. The molecule has 1 atom stereocenters. The second kappa shape index (κ2) is 5.10. The lowest BCUT2D eigenvalue weighted by Crippen LogP contribution is -2.24. The highest BCUT2D eigenvalue weighted by atomic mass is 79.9. The standard InChI is InChI=1S/C17H19BrO/c1-11-9-13(3)16(10-12(11)2)17(4,19)14-5-7-15(18)8-6-14/h5-10,19H,1-4H3. The Bertz CT molecular complexity index is 597. The van der Waals surface area contributed by atoms with Crippen molar-refractivity contribution in [1.29, 1.82) is 0 Å². The topological polar surface area (TPSA) is 20.2 Å². The van der Waals surface area contributed by atoms with Crippen LogP contribution in [0.1, 0.15) is 34.7 Å². The first-order valence-corrected chi connectivity index (χ1v) is 7.18. The fourth-order valence-corrected chi connectivity index (χ4v) is 2.68. The van der Waals surface area contributed by atoms with E-state index in [0.717, 1.165) is 21.2 Å². The number of benzene rings is 2. The van der Waals surface area contributed by atoms with Gasteiger partial charge in [-0.25, -0.2) is 0 Å². The molecule has 0 saturated carbocycles. The number of halogens is 1. The van der Waals surface area contributed by atoms with Gasteiger partial charge in [0.05, 0.1) is 0 Å². The minimum absolute atomic E-state index is 0.905. The smallest absolute Gasteiger partial charge is 0.112 e. The number of aryl methyl sites for hydroxylation is 3. The van der Waals surface area contributed by atoms with Crippen LogP contribution in [0.15, 0.2) is 40.9 Å². The van der Waals surface area contributed by atoms with Crippen molar-refractivity contribution in [1.82, 2.24) is 0 Å². The molecule has 2 rings (SSSR count). The normalized spacial score (nSPS) is 14.2. The molecule has 1 N–H and O–H groups in total. The van der Waals surface area contributed by atoms with Crippen LogP contribution in [0.4, 0.5) is 0 Å². The molecule has 0 aliphatic heterocycles. The average molecular weight is 319 g/mol.